The van der Waals surface area contributed by atoms with Crippen LogP contribution in [0, 0.1) is 0 Å². The van der Waals surface area contributed by atoms with Gasteiger partial charge in [0.2, 0.25) is 0 Å². The van der Waals surface area contributed by atoms with Gasteiger partial charge in [0.25, 0.3) is 0 Å². The molecule has 122 valence electrons. The molecular weight excluding hydrogens is 308 g/mol. The minimum Gasteiger partial charge on any atom is -0.486 e. The van der Waals surface area contributed by atoms with Crippen molar-refractivity contribution >= 4 is 0 Å². The predicted octanol–water partition coefficient (Wildman–Crippen LogP) is 1.96. The summed E-state index contributed by atoms with van der Waals surface area (Å²) in [4.78, 5) is 0. The Morgan fingerprint density at radius 2 is 2.00 bits per heavy atom. The number of rotatable bonds is 3. The zero-order chi connectivity index (χ0) is 15.9. The van der Waals surface area contributed by atoms with E-state index in [2.05, 4.69) is 21.8 Å². The fourth-order valence-corrected chi connectivity index (χ4v) is 3.08. The molecule has 2 aromatic heterocycles. The molecule has 3 aromatic rings. The van der Waals surface area contributed by atoms with Crippen LogP contribution in [0.3, 0.4) is 0 Å². The first-order valence-corrected chi connectivity index (χ1v) is 7.97. The van der Waals surface area contributed by atoms with Gasteiger partial charge in [-0.2, -0.15) is 5.10 Å². The van der Waals surface area contributed by atoms with Crippen LogP contribution < -0.4 is 14.8 Å². The van der Waals surface area contributed by atoms with E-state index in [1.54, 1.807) is 0 Å². The second kappa shape index (κ2) is 5.38. The Bertz CT molecular complexity index is 878. The van der Waals surface area contributed by atoms with Crippen molar-refractivity contribution in [3.63, 3.8) is 0 Å². The lowest BCUT2D eigenvalue weighted by Gasteiger charge is -2.18. The number of benzene rings is 1. The third-order valence-electron chi connectivity index (χ3n) is 4.24. The third-order valence-corrected chi connectivity index (χ3v) is 4.24. The highest BCUT2D eigenvalue weighted by atomic mass is 16.6. The molecule has 24 heavy (non-hydrogen) atoms. The van der Waals surface area contributed by atoms with Crippen LogP contribution >= 0.6 is 0 Å². The zero-order valence-corrected chi connectivity index (χ0v) is 13.0. The van der Waals surface area contributed by atoms with E-state index in [-0.39, 0.29) is 0 Å². The first kappa shape index (κ1) is 13.6. The predicted molar refractivity (Wildman–Crippen MR) is 84.8 cm³/mol. The van der Waals surface area contributed by atoms with E-state index >= 15 is 0 Å². The van der Waals surface area contributed by atoms with Crippen LogP contribution in [-0.2, 0) is 19.6 Å². The number of hydrogen-bond donors (Lipinski definition) is 1. The maximum Gasteiger partial charge on any atom is 0.167 e. The van der Waals surface area contributed by atoms with Crippen molar-refractivity contribution in [2.75, 3.05) is 13.2 Å². The summed E-state index contributed by atoms with van der Waals surface area (Å²) in [6.07, 6.45) is 2.06. The first-order chi connectivity index (χ1) is 11.8. The molecule has 2 aliphatic rings. The molecule has 0 saturated heterocycles. The molecule has 2 aliphatic heterocycles. The molecule has 0 radical (unpaired) electrons. The van der Waals surface area contributed by atoms with Gasteiger partial charge in [0.1, 0.15) is 18.9 Å². The van der Waals surface area contributed by atoms with Gasteiger partial charge in [0, 0.05) is 36.5 Å². The van der Waals surface area contributed by atoms with Gasteiger partial charge < -0.3 is 19.3 Å². The largest absolute Gasteiger partial charge is 0.486 e. The van der Waals surface area contributed by atoms with E-state index in [1.165, 1.54) is 5.56 Å². The summed E-state index contributed by atoms with van der Waals surface area (Å²) in [5.41, 5.74) is 4.13. The lowest BCUT2D eigenvalue weighted by atomic mass is 10.1. The molecule has 7 heteroatoms. The summed E-state index contributed by atoms with van der Waals surface area (Å²) < 4.78 is 18.6. The number of ether oxygens (including phenoxy) is 2. The van der Waals surface area contributed by atoms with Crippen LogP contribution in [0.1, 0.15) is 17.0 Å². The van der Waals surface area contributed by atoms with Crippen molar-refractivity contribution in [1.29, 1.82) is 0 Å². The van der Waals surface area contributed by atoms with Crippen molar-refractivity contribution < 1.29 is 14.0 Å². The van der Waals surface area contributed by atoms with E-state index < -0.39 is 0 Å². The van der Waals surface area contributed by atoms with E-state index in [9.17, 15) is 0 Å². The van der Waals surface area contributed by atoms with Gasteiger partial charge in [-0.25, -0.2) is 0 Å². The second-order valence-electron chi connectivity index (χ2n) is 5.94. The zero-order valence-electron chi connectivity index (χ0n) is 13.0. The Labute approximate surface area is 138 Å². The van der Waals surface area contributed by atoms with Crippen molar-refractivity contribution in [3.05, 3.63) is 47.4 Å². The average Bonchev–Trinajstić information content (AvgIpc) is 3.31. The number of fused-ring (bicyclic) bond motifs is 2. The Morgan fingerprint density at radius 1 is 1.08 bits per heavy atom. The van der Waals surface area contributed by atoms with E-state index in [1.807, 2.05) is 28.9 Å². The molecule has 0 aliphatic carbocycles. The van der Waals surface area contributed by atoms with Crippen LogP contribution in [-0.4, -0.2) is 28.2 Å². The molecule has 0 atom stereocenters. The van der Waals surface area contributed by atoms with Gasteiger partial charge in [-0.3, -0.25) is 4.68 Å². The van der Waals surface area contributed by atoms with Crippen LogP contribution in [0.2, 0.25) is 0 Å². The summed E-state index contributed by atoms with van der Waals surface area (Å²) in [7, 11) is 0. The van der Waals surface area contributed by atoms with Gasteiger partial charge in [0.15, 0.2) is 17.3 Å². The molecule has 5 rings (SSSR count). The highest BCUT2D eigenvalue weighted by Crippen LogP contribution is 2.34. The second-order valence-corrected chi connectivity index (χ2v) is 5.94. The molecule has 4 heterocycles. The number of nitrogens with one attached hydrogen (secondary N) is 1. The lowest BCUT2D eigenvalue weighted by molar-refractivity contribution is 0.171. The Hall–Kier alpha value is -2.80. The summed E-state index contributed by atoms with van der Waals surface area (Å²) in [5.74, 6) is 2.22. The molecule has 0 fully saturated rings. The van der Waals surface area contributed by atoms with Gasteiger partial charge in [-0.15, -0.1) is 0 Å². The molecule has 0 spiro atoms. The van der Waals surface area contributed by atoms with Crippen LogP contribution in [0.15, 0.2) is 35.0 Å². The van der Waals surface area contributed by atoms with Crippen LogP contribution in [0.4, 0.5) is 0 Å². The number of hydrogen-bond acceptors (Lipinski definition) is 6. The number of aromatic nitrogens is 3. The topological polar surface area (TPSA) is 74.3 Å². The molecule has 1 aromatic carbocycles. The Morgan fingerprint density at radius 3 is 2.92 bits per heavy atom. The molecule has 0 saturated carbocycles. The molecule has 0 bridgehead atoms. The number of nitrogens with zero attached hydrogens (tertiary/aromatic N) is 3. The third kappa shape index (κ3) is 2.33. The monoisotopic (exact) mass is 324 g/mol. The maximum absolute atomic E-state index is 5.62. The summed E-state index contributed by atoms with van der Waals surface area (Å²) >= 11 is 0. The van der Waals surface area contributed by atoms with Crippen LogP contribution in [0.25, 0.3) is 11.3 Å². The van der Waals surface area contributed by atoms with Crippen molar-refractivity contribution in [3.8, 4) is 22.8 Å². The minimum absolute atomic E-state index is 0.566. The minimum atomic E-state index is 0.566. The molecule has 0 unspecified atom stereocenters. The molecular formula is C17H16N4O3. The fourth-order valence-electron chi connectivity index (χ4n) is 3.08. The van der Waals surface area contributed by atoms with E-state index in [4.69, 9.17) is 14.0 Å². The summed E-state index contributed by atoms with van der Waals surface area (Å²) in [6, 6.07) is 7.71. The molecule has 1 N–H and O–H groups in total. The Kier molecular flexibility index (Phi) is 3.05. The molecule has 0 amide bonds. The Balaban J connectivity index is 1.38. The SMILES string of the molecule is c1cc2c(cc1-c1cc(Cn3cc4c(n3)CNC4)no1)OCCO2. The summed E-state index contributed by atoms with van der Waals surface area (Å²) in [6.45, 7) is 3.47. The summed E-state index contributed by atoms with van der Waals surface area (Å²) in [5, 5.41) is 12.0. The lowest BCUT2D eigenvalue weighted by Crippen LogP contribution is -2.15. The standard InChI is InChI=1S/C17H16N4O3/c1-2-15-17(23-4-3-22-15)5-11(1)16-6-13(20-24-16)10-21-9-12-7-18-8-14(12)19-21/h1-2,5-6,9,18H,3-4,7-8,10H2. The van der Waals surface area contributed by atoms with Crippen molar-refractivity contribution in [2.24, 2.45) is 0 Å². The average molecular weight is 324 g/mol. The van der Waals surface area contributed by atoms with Crippen molar-refractivity contribution in [1.82, 2.24) is 20.3 Å². The smallest absolute Gasteiger partial charge is 0.167 e. The van der Waals surface area contributed by atoms with Crippen LogP contribution in [0.5, 0.6) is 11.5 Å². The highest BCUT2D eigenvalue weighted by molar-refractivity contribution is 5.63. The van der Waals surface area contributed by atoms with Gasteiger partial charge in [0.05, 0.1) is 12.2 Å². The maximum atomic E-state index is 5.62. The van der Waals surface area contributed by atoms with Gasteiger partial charge in [-0.1, -0.05) is 5.16 Å². The van der Waals surface area contributed by atoms with E-state index in [0.29, 0.717) is 25.5 Å². The fraction of sp³-hybridized carbons (Fsp3) is 0.294. The van der Waals surface area contributed by atoms with Gasteiger partial charge in [-0.05, 0) is 18.2 Å². The normalized spacial score (nSPS) is 15.5. The van der Waals surface area contributed by atoms with Gasteiger partial charge >= 0.3 is 0 Å². The highest BCUT2D eigenvalue weighted by Gasteiger charge is 2.17. The van der Waals surface area contributed by atoms with E-state index in [0.717, 1.165) is 41.5 Å². The first-order valence-electron chi connectivity index (χ1n) is 7.97. The molecule has 7 nitrogen and oxygen atoms in total. The quantitative estimate of drug-likeness (QED) is 0.794. The van der Waals surface area contributed by atoms with Crippen molar-refractivity contribution in [2.45, 2.75) is 19.6 Å².